The molecule has 0 heterocycles. The zero-order valence-corrected chi connectivity index (χ0v) is 12.3. The van der Waals surface area contributed by atoms with Gasteiger partial charge in [0.1, 0.15) is 0 Å². The Kier molecular flexibility index (Phi) is 4.45. The Balaban J connectivity index is 1.99. The first-order valence-corrected chi connectivity index (χ1v) is 7.38. The quantitative estimate of drug-likeness (QED) is 0.841. The minimum atomic E-state index is 0.702. The van der Waals surface area contributed by atoms with Crippen LogP contribution in [0.2, 0.25) is 0 Å². The van der Waals surface area contributed by atoms with Crippen LogP contribution in [0.5, 0.6) is 0 Å². The van der Waals surface area contributed by atoms with E-state index in [0.717, 1.165) is 18.4 Å². The maximum Gasteiger partial charge on any atom is 0.0213 e. The Morgan fingerprint density at radius 1 is 1.11 bits per heavy atom. The lowest BCUT2D eigenvalue weighted by atomic mass is 9.78. The first kappa shape index (κ1) is 13.6. The van der Waals surface area contributed by atoms with Crippen molar-refractivity contribution in [1.29, 1.82) is 0 Å². The molecule has 1 fully saturated rings. The highest BCUT2D eigenvalue weighted by atomic mass is 14.9. The number of hydrogen-bond acceptors (Lipinski definition) is 1. The fraction of sp³-hybridized carbons (Fsp3) is 0.647. The molecule has 0 aliphatic heterocycles. The molecule has 3 atom stereocenters. The molecule has 1 saturated carbocycles. The second-order valence-corrected chi connectivity index (χ2v) is 6.13. The summed E-state index contributed by atoms with van der Waals surface area (Å²) in [5.74, 6) is 1.68. The van der Waals surface area contributed by atoms with Gasteiger partial charge >= 0.3 is 0 Å². The summed E-state index contributed by atoms with van der Waals surface area (Å²) in [5, 5.41) is 3.80. The molecule has 0 spiro atoms. The standard InChI is InChI=1S/C17H27N/c1-12-7-6-10-17(15(12)4)18-11-16-13(2)8-5-9-14(16)3/h5,8-9,12,15,17-18H,6-7,10-11H2,1-4H3. The van der Waals surface area contributed by atoms with Crippen molar-refractivity contribution in [2.75, 3.05) is 0 Å². The summed E-state index contributed by atoms with van der Waals surface area (Å²) in [5.41, 5.74) is 4.32. The fourth-order valence-corrected chi connectivity index (χ4v) is 3.23. The topological polar surface area (TPSA) is 12.0 Å². The molecule has 1 nitrogen and oxygen atoms in total. The number of benzene rings is 1. The highest BCUT2D eigenvalue weighted by Crippen LogP contribution is 2.29. The van der Waals surface area contributed by atoms with Crippen molar-refractivity contribution < 1.29 is 0 Å². The van der Waals surface area contributed by atoms with Crippen molar-refractivity contribution in [1.82, 2.24) is 5.32 Å². The Hall–Kier alpha value is -0.820. The van der Waals surface area contributed by atoms with Crippen molar-refractivity contribution in [2.45, 2.75) is 59.5 Å². The molecule has 18 heavy (non-hydrogen) atoms. The van der Waals surface area contributed by atoms with Gasteiger partial charge < -0.3 is 5.32 Å². The van der Waals surface area contributed by atoms with Crippen molar-refractivity contribution in [2.24, 2.45) is 11.8 Å². The van der Waals surface area contributed by atoms with Crippen LogP contribution in [0, 0.1) is 25.7 Å². The molecule has 1 aliphatic carbocycles. The van der Waals surface area contributed by atoms with Gasteiger partial charge in [-0.25, -0.2) is 0 Å². The summed E-state index contributed by atoms with van der Waals surface area (Å²) in [6, 6.07) is 7.29. The normalized spacial score (nSPS) is 28.3. The summed E-state index contributed by atoms with van der Waals surface area (Å²) < 4.78 is 0. The van der Waals surface area contributed by atoms with E-state index >= 15 is 0 Å². The molecule has 0 amide bonds. The number of hydrogen-bond donors (Lipinski definition) is 1. The second-order valence-electron chi connectivity index (χ2n) is 6.13. The van der Waals surface area contributed by atoms with E-state index in [-0.39, 0.29) is 0 Å². The zero-order valence-electron chi connectivity index (χ0n) is 12.3. The van der Waals surface area contributed by atoms with Crippen LogP contribution in [0.4, 0.5) is 0 Å². The van der Waals surface area contributed by atoms with Crippen LogP contribution in [0.15, 0.2) is 18.2 Å². The summed E-state index contributed by atoms with van der Waals surface area (Å²) in [6.07, 6.45) is 4.13. The van der Waals surface area contributed by atoms with Gasteiger partial charge in [0.15, 0.2) is 0 Å². The highest BCUT2D eigenvalue weighted by molar-refractivity contribution is 5.33. The highest BCUT2D eigenvalue weighted by Gasteiger charge is 2.26. The van der Waals surface area contributed by atoms with Gasteiger partial charge in [-0.2, -0.15) is 0 Å². The van der Waals surface area contributed by atoms with Gasteiger partial charge in [0.2, 0.25) is 0 Å². The van der Waals surface area contributed by atoms with Crippen LogP contribution in [0.25, 0.3) is 0 Å². The van der Waals surface area contributed by atoms with Gasteiger partial charge in [0.25, 0.3) is 0 Å². The van der Waals surface area contributed by atoms with Crippen molar-refractivity contribution in [3.63, 3.8) is 0 Å². The Morgan fingerprint density at radius 3 is 2.44 bits per heavy atom. The smallest absolute Gasteiger partial charge is 0.0213 e. The fourth-order valence-electron chi connectivity index (χ4n) is 3.23. The SMILES string of the molecule is Cc1cccc(C)c1CNC1CCCC(C)C1C. The van der Waals surface area contributed by atoms with E-state index in [1.165, 1.54) is 36.0 Å². The van der Waals surface area contributed by atoms with Crippen molar-refractivity contribution >= 4 is 0 Å². The van der Waals surface area contributed by atoms with E-state index in [4.69, 9.17) is 0 Å². The largest absolute Gasteiger partial charge is 0.310 e. The Bertz CT molecular complexity index is 376. The Morgan fingerprint density at radius 2 is 1.78 bits per heavy atom. The van der Waals surface area contributed by atoms with E-state index in [0.29, 0.717) is 6.04 Å². The third-order valence-electron chi connectivity index (χ3n) is 4.89. The molecule has 1 aromatic carbocycles. The third-order valence-corrected chi connectivity index (χ3v) is 4.89. The lowest BCUT2D eigenvalue weighted by Gasteiger charge is -2.35. The average molecular weight is 245 g/mol. The molecule has 0 aromatic heterocycles. The average Bonchev–Trinajstić information content (AvgIpc) is 2.33. The third kappa shape index (κ3) is 2.95. The molecule has 0 bridgehead atoms. The number of aryl methyl sites for hydroxylation is 2. The van der Waals surface area contributed by atoms with Crippen LogP contribution in [0.1, 0.15) is 49.8 Å². The molecule has 1 heteroatoms. The van der Waals surface area contributed by atoms with E-state index in [1.807, 2.05) is 0 Å². The summed E-state index contributed by atoms with van der Waals surface area (Å²) in [6.45, 7) is 10.3. The molecule has 100 valence electrons. The maximum absolute atomic E-state index is 3.80. The van der Waals surface area contributed by atoms with Crippen LogP contribution >= 0.6 is 0 Å². The minimum absolute atomic E-state index is 0.702. The van der Waals surface area contributed by atoms with E-state index in [1.54, 1.807) is 0 Å². The van der Waals surface area contributed by atoms with E-state index in [9.17, 15) is 0 Å². The zero-order chi connectivity index (χ0) is 13.1. The number of rotatable bonds is 3. The van der Waals surface area contributed by atoms with Gasteiger partial charge in [0, 0.05) is 12.6 Å². The van der Waals surface area contributed by atoms with Gasteiger partial charge in [0.05, 0.1) is 0 Å². The Labute approximate surface area is 112 Å². The van der Waals surface area contributed by atoms with Gasteiger partial charge in [-0.15, -0.1) is 0 Å². The summed E-state index contributed by atoms with van der Waals surface area (Å²) in [7, 11) is 0. The lowest BCUT2D eigenvalue weighted by molar-refractivity contribution is 0.206. The minimum Gasteiger partial charge on any atom is -0.310 e. The summed E-state index contributed by atoms with van der Waals surface area (Å²) >= 11 is 0. The molecule has 0 radical (unpaired) electrons. The molecule has 1 N–H and O–H groups in total. The second kappa shape index (κ2) is 5.88. The molecule has 0 saturated heterocycles. The van der Waals surface area contributed by atoms with Crippen molar-refractivity contribution in [3.05, 3.63) is 34.9 Å². The monoisotopic (exact) mass is 245 g/mol. The maximum atomic E-state index is 3.80. The van der Waals surface area contributed by atoms with Crippen LogP contribution in [0.3, 0.4) is 0 Å². The predicted octanol–water partition coefficient (Wildman–Crippen LogP) is 4.22. The van der Waals surface area contributed by atoms with Gasteiger partial charge in [-0.05, 0) is 48.8 Å². The molecular formula is C17H27N. The van der Waals surface area contributed by atoms with Crippen LogP contribution in [-0.4, -0.2) is 6.04 Å². The van der Waals surface area contributed by atoms with Crippen molar-refractivity contribution in [3.8, 4) is 0 Å². The van der Waals surface area contributed by atoms with Crippen LogP contribution < -0.4 is 5.32 Å². The van der Waals surface area contributed by atoms with Gasteiger partial charge in [-0.1, -0.05) is 44.9 Å². The first-order chi connectivity index (χ1) is 8.59. The first-order valence-electron chi connectivity index (χ1n) is 7.38. The van der Waals surface area contributed by atoms with Crippen LogP contribution in [-0.2, 0) is 6.54 Å². The van der Waals surface area contributed by atoms with E-state index < -0.39 is 0 Å². The molecule has 1 aliphatic rings. The van der Waals surface area contributed by atoms with E-state index in [2.05, 4.69) is 51.2 Å². The number of nitrogens with one attached hydrogen (secondary N) is 1. The molecule has 2 rings (SSSR count). The molecular weight excluding hydrogens is 218 g/mol. The molecule has 1 aromatic rings. The molecule has 3 unspecified atom stereocenters. The summed E-state index contributed by atoms with van der Waals surface area (Å²) in [4.78, 5) is 0. The van der Waals surface area contributed by atoms with Gasteiger partial charge in [-0.3, -0.25) is 0 Å². The lowest BCUT2D eigenvalue weighted by Crippen LogP contribution is -2.40. The predicted molar refractivity (Wildman–Crippen MR) is 78.7 cm³/mol.